The Balaban J connectivity index is 0.00000104. The number of carbonyl (C=O) groups excluding carboxylic acids is 4. The standard InChI is InChI=1S/C25H44O5.C15H21NO4/c1-5-6-7-11-15-18-22(26)19-16-13-10-8-9-12-14-17-21(20-23(27)28)24(29)30-25(2,3)4;1-3-4-9-20-13-7-5-12(6-8-13)10-14(16-11-17)15(18)19-2/h12,14,21H,5-11,13,15-20H2,1-4H3,(H,27,28);5-8,11,14H,3-4,9-10H2,1-2H3,(H,16,17)/b14-12+;/t21-;14-/m00/s1. The fraction of sp³-hybridized carbons (Fsp3) is 0.675. The number of carboxylic acids is 1. The van der Waals surface area contributed by atoms with Crippen molar-refractivity contribution in [3.63, 3.8) is 0 Å². The number of allylic oxidation sites excluding steroid dienone is 2. The molecule has 1 rings (SSSR count). The van der Waals surface area contributed by atoms with Crippen molar-refractivity contribution in [1.82, 2.24) is 5.32 Å². The number of carbonyl (C=O) groups is 5. The molecule has 1 amide bonds. The highest BCUT2D eigenvalue weighted by Crippen LogP contribution is 2.18. The first-order chi connectivity index (χ1) is 23.9. The molecule has 1 aromatic carbocycles. The normalized spacial score (nSPS) is 12.3. The Hall–Kier alpha value is -3.69. The van der Waals surface area contributed by atoms with E-state index in [0.717, 1.165) is 69.1 Å². The van der Waals surface area contributed by atoms with Gasteiger partial charge in [0.05, 0.1) is 26.1 Å². The average molecular weight is 704 g/mol. The average Bonchev–Trinajstić information content (AvgIpc) is 3.06. The number of hydrogen-bond donors (Lipinski definition) is 2. The van der Waals surface area contributed by atoms with E-state index < -0.39 is 35.5 Å². The van der Waals surface area contributed by atoms with Crippen molar-refractivity contribution in [3.05, 3.63) is 42.0 Å². The van der Waals surface area contributed by atoms with E-state index in [1.165, 1.54) is 32.8 Å². The van der Waals surface area contributed by atoms with Crippen LogP contribution in [0.25, 0.3) is 0 Å². The van der Waals surface area contributed by atoms with Gasteiger partial charge in [-0.3, -0.25) is 19.2 Å². The monoisotopic (exact) mass is 703 g/mol. The summed E-state index contributed by atoms with van der Waals surface area (Å²) in [6, 6.07) is 6.82. The second-order valence-corrected chi connectivity index (χ2v) is 13.6. The summed E-state index contributed by atoms with van der Waals surface area (Å²) in [6.07, 6.45) is 19.5. The molecule has 0 fully saturated rings. The van der Waals surface area contributed by atoms with Gasteiger partial charge in [-0.2, -0.15) is 0 Å². The molecule has 0 aliphatic carbocycles. The van der Waals surface area contributed by atoms with E-state index in [9.17, 15) is 24.0 Å². The molecule has 0 aromatic heterocycles. The zero-order chi connectivity index (χ0) is 37.6. The molecule has 0 saturated heterocycles. The highest BCUT2D eigenvalue weighted by Gasteiger charge is 2.26. The molecule has 2 atom stereocenters. The van der Waals surface area contributed by atoms with Crippen LogP contribution in [-0.2, 0) is 39.9 Å². The fourth-order valence-corrected chi connectivity index (χ4v) is 4.95. The highest BCUT2D eigenvalue weighted by atomic mass is 16.6. The van der Waals surface area contributed by atoms with E-state index in [0.29, 0.717) is 38.1 Å². The number of ketones is 1. The number of ether oxygens (including phenoxy) is 3. The number of esters is 2. The van der Waals surface area contributed by atoms with Crippen LogP contribution in [0.4, 0.5) is 0 Å². The summed E-state index contributed by atoms with van der Waals surface area (Å²) in [5.74, 6) is -1.34. The molecule has 0 aliphatic rings. The summed E-state index contributed by atoms with van der Waals surface area (Å²) in [7, 11) is 1.30. The van der Waals surface area contributed by atoms with Gasteiger partial charge in [0.1, 0.15) is 23.2 Å². The minimum absolute atomic E-state index is 0.216. The van der Waals surface area contributed by atoms with Crippen LogP contribution in [0.5, 0.6) is 5.75 Å². The number of carboxylic acid groups (broad SMARTS) is 1. The summed E-state index contributed by atoms with van der Waals surface area (Å²) in [5, 5.41) is 11.5. The first kappa shape index (κ1) is 46.3. The number of Topliss-reactive ketones (excluding diaryl/α,β-unsaturated/α-hetero) is 1. The molecule has 50 heavy (non-hydrogen) atoms. The third kappa shape index (κ3) is 26.2. The Labute approximate surface area is 301 Å². The van der Waals surface area contributed by atoms with Crippen molar-refractivity contribution < 1.29 is 43.3 Å². The zero-order valence-corrected chi connectivity index (χ0v) is 31.6. The number of amides is 1. The third-order valence-corrected chi connectivity index (χ3v) is 7.77. The molecule has 2 N–H and O–H groups in total. The zero-order valence-electron chi connectivity index (χ0n) is 31.6. The van der Waals surface area contributed by atoms with Crippen molar-refractivity contribution in [2.75, 3.05) is 13.7 Å². The summed E-state index contributed by atoms with van der Waals surface area (Å²) >= 11 is 0. The van der Waals surface area contributed by atoms with Gasteiger partial charge in [-0.1, -0.05) is 83.1 Å². The molecule has 0 radical (unpaired) electrons. The van der Waals surface area contributed by atoms with Gasteiger partial charge in [0, 0.05) is 19.3 Å². The number of nitrogens with one attached hydrogen (secondary N) is 1. The van der Waals surface area contributed by atoms with Crippen LogP contribution in [0.1, 0.15) is 143 Å². The van der Waals surface area contributed by atoms with E-state index in [4.69, 9.17) is 14.6 Å². The maximum absolute atomic E-state index is 12.2. The Kier molecular flexibility index (Phi) is 26.9. The SMILES string of the molecule is CCCCCCCC(=O)CCCCCC/C=C/C[C@@H](CC(=O)O)C(=O)OC(C)(C)C.CCCCOc1ccc(C[C@H](NC=O)C(=O)OC)cc1. The van der Waals surface area contributed by atoms with Crippen LogP contribution >= 0.6 is 0 Å². The van der Waals surface area contributed by atoms with Gasteiger partial charge in [-0.25, -0.2) is 4.79 Å². The number of unbranched alkanes of at least 4 members (excludes halogenated alkanes) is 9. The minimum atomic E-state index is -0.991. The second kappa shape index (κ2) is 29.1. The number of methoxy groups -OCH3 is 1. The summed E-state index contributed by atoms with van der Waals surface area (Å²) in [5.41, 5.74) is 0.311. The second-order valence-electron chi connectivity index (χ2n) is 13.6. The third-order valence-electron chi connectivity index (χ3n) is 7.77. The molecule has 1 aromatic rings. The molecule has 0 bridgehead atoms. The lowest BCUT2D eigenvalue weighted by atomic mass is 10.00. The maximum atomic E-state index is 12.2. The maximum Gasteiger partial charge on any atom is 0.328 e. The predicted octanol–water partition coefficient (Wildman–Crippen LogP) is 8.33. The first-order valence-electron chi connectivity index (χ1n) is 18.5. The lowest BCUT2D eigenvalue weighted by molar-refractivity contribution is -0.162. The van der Waals surface area contributed by atoms with Crippen LogP contribution in [0.3, 0.4) is 0 Å². The summed E-state index contributed by atoms with van der Waals surface area (Å²) in [4.78, 5) is 57.0. The Morgan fingerprint density at radius 2 is 1.42 bits per heavy atom. The molecule has 284 valence electrons. The molecule has 0 saturated carbocycles. The quantitative estimate of drug-likeness (QED) is 0.0400. The van der Waals surface area contributed by atoms with E-state index in [1.54, 1.807) is 20.8 Å². The van der Waals surface area contributed by atoms with E-state index in [-0.39, 0.29) is 6.42 Å². The van der Waals surface area contributed by atoms with E-state index in [2.05, 4.69) is 23.9 Å². The minimum Gasteiger partial charge on any atom is -0.494 e. The van der Waals surface area contributed by atoms with E-state index >= 15 is 0 Å². The molecule has 0 aliphatic heterocycles. The number of benzene rings is 1. The van der Waals surface area contributed by atoms with Gasteiger partial charge in [0.2, 0.25) is 6.41 Å². The van der Waals surface area contributed by atoms with Crippen LogP contribution in [-0.4, -0.2) is 60.6 Å². The molecular formula is C40H65NO9. The summed E-state index contributed by atoms with van der Waals surface area (Å²) < 4.78 is 15.5. The van der Waals surface area contributed by atoms with Crippen LogP contribution in [0.2, 0.25) is 0 Å². The highest BCUT2D eigenvalue weighted by molar-refractivity contribution is 5.80. The van der Waals surface area contributed by atoms with Gasteiger partial charge in [0.25, 0.3) is 0 Å². The van der Waals surface area contributed by atoms with Crippen molar-refractivity contribution in [1.29, 1.82) is 0 Å². The Morgan fingerprint density at radius 3 is 1.96 bits per heavy atom. The molecule has 0 unspecified atom stereocenters. The van der Waals surface area contributed by atoms with E-state index in [1.807, 2.05) is 36.4 Å². The fourth-order valence-electron chi connectivity index (χ4n) is 4.95. The van der Waals surface area contributed by atoms with Crippen molar-refractivity contribution in [2.24, 2.45) is 5.92 Å². The number of hydrogen-bond acceptors (Lipinski definition) is 8. The number of aliphatic carboxylic acids is 1. The molecular weight excluding hydrogens is 638 g/mol. The van der Waals surface area contributed by atoms with Crippen LogP contribution < -0.4 is 10.1 Å². The predicted molar refractivity (Wildman–Crippen MR) is 197 cm³/mol. The van der Waals surface area contributed by atoms with Gasteiger partial charge in [-0.15, -0.1) is 0 Å². The first-order valence-corrected chi connectivity index (χ1v) is 18.5. The van der Waals surface area contributed by atoms with Crippen LogP contribution in [0.15, 0.2) is 36.4 Å². The lowest BCUT2D eigenvalue weighted by Crippen LogP contribution is -2.38. The summed E-state index contributed by atoms with van der Waals surface area (Å²) in [6.45, 7) is 10.3. The number of rotatable bonds is 27. The molecule has 0 spiro atoms. The molecule has 10 nitrogen and oxygen atoms in total. The Morgan fingerprint density at radius 1 is 0.820 bits per heavy atom. The van der Waals surface area contributed by atoms with Crippen LogP contribution in [0, 0.1) is 5.92 Å². The van der Waals surface area contributed by atoms with Gasteiger partial charge >= 0.3 is 17.9 Å². The van der Waals surface area contributed by atoms with Gasteiger partial charge < -0.3 is 24.6 Å². The smallest absolute Gasteiger partial charge is 0.328 e. The molecule has 0 heterocycles. The van der Waals surface area contributed by atoms with Crippen molar-refractivity contribution in [3.8, 4) is 5.75 Å². The molecule has 10 heteroatoms. The van der Waals surface area contributed by atoms with Gasteiger partial charge in [0.15, 0.2) is 0 Å². The van der Waals surface area contributed by atoms with Gasteiger partial charge in [-0.05, 0) is 77.0 Å². The lowest BCUT2D eigenvalue weighted by Gasteiger charge is -2.22. The largest absolute Gasteiger partial charge is 0.494 e. The van der Waals surface area contributed by atoms with Crippen molar-refractivity contribution >= 4 is 30.1 Å². The Bertz CT molecular complexity index is 1110. The topological polar surface area (TPSA) is 145 Å². The van der Waals surface area contributed by atoms with Crippen molar-refractivity contribution in [2.45, 2.75) is 155 Å².